The van der Waals surface area contributed by atoms with Crippen molar-refractivity contribution >= 4 is 52.6 Å². The summed E-state index contributed by atoms with van der Waals surface area (Å²) in [6, 6.07) is 7.15. The van der Waals surface area contributed by atoms with Crippen LogP contribution in [0, 0.1) is 0 Å². The Morgan fingerprint density at radius 3 is 2.22 bits per heavy atom. The van der Waals surface area contributed by atoms with Crippen LogP contribution in [0.25, 0.3) is 0 Å². The van der Waals surface area contributed by atoms with Crippen LogP contribution in [0.4, 0.5) is 9.59 Å². The molecule has 0 spiro atoms. The molecule has 0 bridgehead atoms. The number of ether oxygens (including phenoxy) is 2. The maximum absolute atomic E-state index is 13.0. The minimum atomic E-state index is -1.02. The lowest BCUT2D eigenvalue weighted by atomic mass is 10.0. The molecular formula is C25H36IN5O5. The van der Waals surface area contributed by atoms with Gasteiger partial charge < -0.3 is 25.4 Å². The number of nitrogens with zero attached hydrogens (tertiary/aromatic N) is 3. The van der Waals surface area contributed by atoms with Crippen LogP contribution in [0.3, 0.4) is 0 Å². The van der Waals surface area contributed by atoms with Gasteiger partial charge in [0.1, 0.15) is 11.2 Å². The number of nitrogens with one attached hydrogen (secondary N) is 1. The fraction of sp³-hybridized carbons (Fsp3) is 0.560. The first-order chi connectivity index (χ1) is 16.5. The monoisotopic (exact) mass is 613 g/mol. The second-order valence-electron chi connectivity index (χ2n) is 10.5. The van der Waals surface area contributed by atoms with E-state index in [0.29, 0.717) is 19.5 Å². The number of alkyl halides is 1. The fourth-order valence-corrected chi connectivity index (χ4v) is 4.02. The zero-order valence-electron chi connectivity index (χ0n) is 21.9. The number of alkyl carbamates (subject to hydrolysis) is 1. The molecule has 2 amide bonds. The molecule has 1 aromatic rings. The lowest BCUT2D eigenvalue weighted by Gasteiger charge is -2.32. The van der Waals surface area contributed by atoms with Crippen LogP contribution in [-0.4, -0.2) is 59.2 Å². The van der Waals surface area contributed by atoms with Gasteiger partial charge in [0.2, 0.25) is 9.45 Å². The van der Waals surface area contributed by atoms with Crippen molar-refractivity contribution in [2.45, 2.75) is 75.8 Å². The largest absolute Gasteiger partial charge is 0.444 e. The van der Waals surface area contributed by atoms with Crippen molar-refractivity contribution < 1.29 is 23.9 Å². The van der Waals surface area contributed by atoms with Crippen LogP contribution < -0.4 is 11.1 Å². The number of amides is 2. The Labute approximate surface area is 226 Å². The van der Waals surface area contributed by atoms with E-state index in [1.54, 1.807) is 25.7 Å². The molecule has 0 saturated carbocycles. The Bertz CT molecular complexity index is 1030. The normalized spacial score (nSPS) is 18.8. The summed E-state index contributed by atoms with van der Waals surface area (Å²) in [5, 5.41) is 2.71. The highest BCUT2D eigenvalue weighted by molar-refractivity contribution is 14.1. The number of halogens is 1. The van der Waals surface area contributed by atoms with E-state index >= 15 is 0 Å². The van der Waals surface area contributed by atoms with Crippen molar-refractivity contribution in [2.75, 3.05) is 13.1 Å². The molecule has 2 unspecified atom stereocenters. The zero-order chi connectivity index (χ0) is 27.3. The number of nitrogens with two attached hydrogens (primary N) is 1. The van der Waals surface area contributed by atoms with Crippen LogP contribution in [-0.2, 0) is 17.9 Å². The first-order valence-electron chi connectivity index (χ1n) is 11.7. The summed E-state index contributed by atoms with van der Waals surface area (Å²) in [7, 11) is 0. The van der Waals surface area contributed by atoms with Crippen LogP contribution in [0.2, 0.25) is 0 Å². The van der Waals surface area contributed by atoms with Crippen LogP contribution in [0.1, 0.15) is 72.1 Å². The Hall–Kier alpha value is -2.70. The molecule has 1 aliphatic rings. The third kappa shape index (κ3) is 8.75. The summed E-state index contributed by atoms with van der Waals surface area (Å²) in [5.41, 5.74) is 6.09. The number of ketones is 1. The number of Topliss-reactive ketones (excluding diaryl/α,β-unsaturated/α-hetero) is 1. The van der Waals surface area contributed by atoms with Gasteiger partial charge in [-0.1, -0.05) is 24.3 Å². The summed E-state index contributed by atoms with van der Waals surface area (Å²) >= 11 is 2.04. The Morgan fingerprint density at radius 1 is 1.11 bits per heavy atom. The molecule has 11 heteroatoms. The number of carbonyl (C=O) groups excluding carboxylic acids is 3. The predicted octanol–water partition coefficient (Wildman–Crippen LogP) is 4.46. The van der Waals surface area contributed by atoms with Crippen molar-refractivity contribution in [2.24, 2.45) is 15.7 Å². The van der Waals surface area contributed by atoms with E-state index in [9.17, 15) is 14.4 Å². The maximum Gasteiger partial charge on any atom is 0.410 e. The van der Waals surface area contributed by atoms with Gasteiger partial charge in [0.15, 0.2) is 5.84 Å². The molecule has 0 saturated heterocycles. The van der Waals surface area contributed by atoms with Crippen molar-refractivity contribution in [1.82, 2.24) is 10.2 Å². The number of aliphatic imine (C=N–C) groups is 2. The molecule has 3 N–H and O–H groups in total. The van der Waals surface area contributed by atoms with Crippen LogP contribution in [0.5, 0.6) is 0 Å². The standard InChI is InChI=1S/C25H36IN5O5/c1-16(17-9-11-18(12-10-17)25(26)29-15-19(32)20(27)30-25)31(22(34)36-24(5,6)7)14-8-13-28-21(33)35-23(2,3)4/h9-12,15-16H,8,13-14H2,1-7H3,(H2,27,30)(H,28,33). The molecule has 2 atom stereocenters. The summed E-state index contributed by atoms with van der Waals surface area (Å²) < 4.78 is 9.87. The molecule has 198 valence electrons. The Balaban J connectivity index is 2.14. The predicted molar refractivity (Wildman–Crippen MR) is 147 cm³/mol. The van der Waals surface area contributed by atoms with E-state index in [0.717, 1.165) is 11.1 Å². The zero-order valence-corrected chi connectivity index (χ0v) is 24.1. The first-order valence-corrected chi connectivity index (χ1v) is 12.8. The van der Waals surface area contributed by atoms with Gasteiger partial charge in [-0.15, -0.1) is 0 Å². The molecule has 0 aromatic heterocycles. The third-order valence-corrected chi connectivity index (χ3v) is 6.12. The lowest BCUT2D eigenvalue weighted by molar-refractivity contribution is -0.107. The van der Waals surface area contributed by atoms with Gasteiger partial charge in [-0.3, -0.25) is 4.79 Å². The molecule has 0 aliphatic carbocycles. The molecular weight excluding hydrogens is 577 g/mol. The van der Waals surface area contributed by atoms with Gasteiger partial charge in [0.05, 0.1) is 12.3 Å². The molecule has 0 radical (unpaired) electrons. The topological polar surface area (TPSA) is 136 Å². The summed E-state index contributed by atoms with van der Waals surface area (Å²) in [4.78, 5) is 46.7. The average molecular weight is 613 g/mol. The van der Waals surface area contributed by atoms with E-state index in [1.807, 2.05) is 74.6 Å². The fourth-order valence-electron chi connectivity index (χ4n) is 3.26. The van der Waals surface area contributed by atoms with Gasteiger partial charge in [-0.25, -0.2) is 19.6 Å². The van der Waals surface area contributed by atoms with Crippen molar-refractivity contribution in [3.63, 3.8) is 0 Å². The van der Waals surface area contributed by atoms with Gasteiger partial charge in [0.25, 0.3) is 0 Å². The second kappa shape index (κ2) is 11.6. The minimum Gasteiger partial charge on any atom is -0.444 e. The minimum absolute atomic E-state index is 0.0899. The first kappa shape index (κ1) is 29.5. The number of hydrogen-bond donors (Lipinski definition) is 2. The summed E-state index contributed by atoms with van der Waals surface area (Å²) in [6.45, 7) is 13.4. The van der Waals surface area contributed by atoms with Crippen LogP contribution >= 0.6 is 22.6 Å². The third-order valence-electron chi connectivity index (χ3n) is 4.97. The lowest BCUT2D eigenvalue weighted by Crippen LogP contribution is -2.40. The quantitative estimate of drug-likeness (QED) is 0.202. The molecule has 36 heavy (non-hydrogen) atoms. The second-order valence-corrected chi connectivity index (χ2v) is 12.0. The maximum atomic E-state index is 13.0. The van der Waals surface area contributed by atoms with E-state index in [2.05, 4.69) is 15.3 Å². The van der Waals surface area contributed by atoms with Gasteiger partial charge in [-0.2, -0.15) is 0 Å². The highest BCUT2D eigenvalue weighted by atomic mass is 127. The number of amidine groups is 1. The number of hydrogen-bond acceptors (Lipinski definition) is 8. The van der Waals surface area contributed by atoms with E-state index in [-0.39, 0.29) is 11.9 Å². The van der Waals surface area contributed by atoms with E-state index in [1.165, 1.54) is 6.21 Å². The summed E-state index contributed by atoms with van der Waals surface area (Å²) in [6.07, 6.45) is 0.738. The van der Waals surface area contributed by atoms with E-state index < -0.39 is 32.8 Å². The molecule has 2 rings (SSSR count). The molecule has 0 fully saturated rings. The molecule has 1 heterocycles. The van der Waals surface area contributed by atoms with E-state index in [4.69, 9.17) is 15.2 Å². The van der Waals surface area contributed by atoms with Crippen LogP contribution in [0.15, 0.2) is 34.3 Å². The van der Waals surface area contributed by atoms with Crippen molar-refractivity contribution in [3.8, 4) is 0 Å². The molecule has 10 nitrogen and oxygen atoms in total. The average Bonchev–Trinajstić information content (AvgIpc) is 2.74. The highest BCUT2D eigenvalue weighted by Gasteiger charge is 2.32. The highest BCUT2D eigenvalue weighted by Crippen LogP contribution is 2.37. The van der Waals surface area contributed by atoms with Gasteiger partial charge >= 0.3 is 12.2 Å². The molecule has 1 aliphatic heterocycles. The van der Waals surface area contributed by atoms with Crippen molar-refractivity contribution in [3.05, 3.63) is 35.4 Å². The SMILES string of the molecule is CC(c1ccc(C2(I)N=CC(=O)C(N)=N2)cc1)N(CCCNC(=O)OC(C)(C)C)C(=O)OC(C)(C)C. The van der Waals surface area contributed by atoms with Crippen molar-refractivity contribution in [1.29, 1.82) is 0 Å². The molecule has 1 aromatic carbocycles. The summed E-state index contributed by atoms with van der Waals surface area (Å²) in [5.74, 6) is -0.505. The number of benzene rings is 1. The number of rotatable bonds is 7. The Morgan fingerprint density at radius 2 is 1.69 bits per heavy atom. The Kier molecular flexibility index (Phi) is 9.49. The van der Waals surface area contributed by atoms with Gasteiger partial charge in [-0.05, 0) is 83.0 Å². The number of carbonyl (C=O) groups is 3. The van der Waals surface area contributed by atoms with Gasteiger partial charge in [0, 0.05) is 18.7 Å². The smallest absolute Gasteiger partial charge is 0.410 e.